The molecule has 0 aliphatic heterocycles. The molecule has 0 aliphatic rings. The molecule has 0 saturated heterocycles. The topological polar surface area (TPSA) is 93.8 Å². The number of rotatable bonds is 0. The first kappa shape index (κ1) is 8.49. The second kappa shape index (κ2) is 2.69. The van der Waals surface area contributed by atoms with Crippen LogP contribution in [0, 0.1) is 0 Å². The van der Waals surface area contributed by atoms with Crippen molar-refractivity contribution < 1.29 is 0 Å². The summed E-state index contributed by atoms with van der Waals surface area (Å²) in [4.78, 5) is 28.6. The van der Waals surface area contributed by atoms with Crippen LogP contribution in [0.25, 0.3) is 11.0 Å². The maximum absolute atomic E-state index is 11.3. The second-order valence-corrected chi connectivity index (χ2v) is 2.96. The third-order valence-electron chi connectivity index (χ3n) is 1.98. The first-order valence-corrected chi connectivity index (χ1v) is 3.94. The molecule has 0 saturated carbocycles. The van der Waals surface area contributed by atoms with Gasteiger partial charge in [0.25, 0.3) is 5.56 Å². The van der Waals surface area contributed by atoms with Crippen LogP contribution < -0.4 is 17.0 Å². The van der Waals surface area contributed by atoms with E-state index in [1.807, 2.05) is 0 Å². The first-order chi connectivity index (χ1) is 6.59. The van der Waals surface area contributed by atoms with Gasteiger partial charge in [0.15, 0.2) is 0 Å². The normalized spacial score (nSPS) is 10.6. The molecule has 0 amide bonds. The molecule has 3 N–H and O–H groups in total. The second-order valence-electron chi connectivity index (χ2n) is 2.96. The highest BCUT2D eigenvalue weighted by molar-refractivity contribution is 5.76. The molecular weight excluding hydrogens is 184 g/mol. The van der Waals surface area contributed by atoms with Crippen LogP contribution >= 0.6 is 0 Å². The Kier molecular flexibility index (Phi) is 1.63. The van der Waals surface area contributed by atoms with Crippen molar-refractivity contribution in [1.82, 2.24) is 14.5 Å². The van der Waals surface area contributed by atoms with E-state index >= 15 is 0 Å². The van der Waals surface area contributed by atoms with E-state index in [1.54, 1.807) is 0 Å². The highest BCUT2D eigenvalue weighted by atomic mass is 16.2. The van der Waals surface area contributed by atoms with E-state index in [0.29, 0.717) is 16.7 Å². The van der Waals surface area contributed by atoms with Gasteiger partial charge in [-0.3, -0.25) is 14.3 Å². The Morgan fingerprint density at radius 1 is 1.50 bits per heavy atom. The number of hydrogen-bond acceptors (Lipinski definition) is 4. The van der Waals surface area contributed by atoms with Crippen molar-refractivity contribution in [2.75, 3.05) is 5.73 Å². The Morgan fingerprint density at radius 3 is 2.93 bits per heavy atom. The molecule has 14 heavy (non-hydrogen) atoms. The number of nitrogens with two attached hydrogens (primary N) is 1. The van der Waals surface area contributed by atoms with Crippen LogP contribution in [0.15, 0.2) is 21.9 Å². The number of H-pyrrole nitrogens is 1. The minimum absolute atomic E-state index is 0.312. The van der Waals surface area contributed by atoms with Crippen molar-refractivity contribution in [3.63, 3.8) is 0 Å². The van der Waals surface area contributed by atoms with Gasteiger partial charge in [-0.2, -0.15) is 0 Å². The number of aromatic nitrogens is 3. The van der Waals surface area contributed by atoms with E-state index in [4.69, 9.17) is 5.73 Å². The molecule has 6 nitrogen and oxygen atoms in total. The summed E-state index contributed by atoms with van der Waals surface area (Å²) in [6, 6.07) is 1.49. The number of nitrogen functional groups attached to an aromatic ring is 1. The minimum atomic E-state index is -0.486. The lowest BCUT2D eigenvalue weighted by molar-refractivity contribution is 0.829. The van der Waals surface area contributed by atoms with E-state index in [0.717, 1.165) is 0 Å². The number of nitrogens with zero attached hydrogens (tertiary/aromatic N) is 2. The smallest absolute Gasteiger partial charge is 0.329 e. The first-order valence-electron chi connectivity index (χ1n) is 3.94. The quantitative estimate of drug-likeness (QED) is 0.571. The molecule has 2 rings (SSSR count). The third-order valence-corrected chi connectivity index (χ3v) is 1.98. The van der Waals surface area contributed by atoms with Crippen LogP contribution in [0.5, 0.6) is 0 Å². The van der Waals surface area contributed by atoms with Gasteiger partial charge >= 0.3 is 5.69 Å². The molecule has 2 aromatic rings. The summed E-state index contributed by atoms with van der Waals surface area (Å²) < 4.78 is 1.26. The van der Waals surface area contributed by atoms with Crippen LogP contribution in [-0.4, -0.2) is 14.5 Å². The molecule has 6 heteroatoms. The minimum Gasteiger partial charge on any atom is -0.397 e. The molecular formula is C8H8N4O2. The van der Waals surface area contributed by atoms with Crippen molar-refractivity contribution in [2.24, 2.45) is 7.05 Å². The van der Waals surface area contributed by atoms with Crippen LogP contribution in [0.4, 0.5) is 5.69 Å². The monoisotopic (exact) mass is 192 g/mol. The van der Waals surface area contributed by atoms with Gasteiger partial charge in [0.05, 0.1) is 17.3 Å². The van der Waals surface area contributed by atoms with E-state index in [9.17, 15) is 9.59 Å². The summed E-state index contributed by atoms with van der Waals surface area (Å²) in [7, 11) is 1.53. The fourth-order valence-electron chi connectivity index (χ4n) is 1.25. The molecule has 0 unspecified atom stereocenters. The lowest BCUT2D eigenvalue weighted by Crippen LogP contribution is -2.28. The van der Waals surface area contributed by atoms with E-state index in [1.165, 1.54) is 23.9 Å². The maximum atomic E-state index is 11.3. The Morgan fingerprint density at radius 2 is 2.21 bits per heavy atom. The van der Waals surface area contributed by atoms with Crippen LogP contribution in [0.2, 0.25) is 0 Å². The number of aryl methyl sites for hydroxylation is 1. The lowest BCUT2D eigenvalue weighted by Gasteiger charge is -2.02. The zero-order valence-electron chi connectivity index (χ0n) is 7.44. The zero-order chi connectivity index (χ0) is 10.3. The van der Waals surface area contributed by atoms with E-state index in [2.05, 4.69) is 9.97 Å². The fourth-order valence-corrected chi connectivity index (χ4v) is 1.25. The number of anilines is 1. The molecule has 0 atom stereocenters. The number of nitrogens with one attached hydrogen (secondary N) is 1. The Balaban J connectivity index is 3.10. The summed E-state index contributed by atoms with van der Waals surface area (Å²) in [5.74, 6) is 0. The fraction of sp³-hybridized carbons (Fsp3) is 0.125. The summed E-state index contributed by atoms with van der Waals surface area (Å²) in [6.45, 7) is 0. The van der Waals surface area contributed by atoms with Crippen molar-refractivity contribution in [1.29, 1.82) is 0 Å². The van der Waals surface area contributed by atoms with Gasteiger partial charge in [0, 0.05) is 7.05 Å². The van der Waals surface area contributed by atoms with Gasteiger partial charge in [0.1, 0.15) is 5.65 Å². The van der Waals surface area contributed by atoms with Crippen molar-refractivity contribution >= 4 is 16.7 Å². The number of hydrogen-bond donors (Lipinski definition) is 2. The molecule has 0 spiro atoms. The van der Waals surface area contributed by atoms with E-state index < -0.39 is 11.2 Å². The van der Waals surface area contributed by atoms with Gasteiger partial charge in [-0.05, 0) is 6.07 Å². The van der Waals surface area contributed by atoms with Gasteiger partial charge in [-0.15, -0.1) is 0 Å². The largest absolute Gasteiger partial charge is 0.397 e. The van der Waals surface area contributed by atoms with Gasteiger partial charge in [-0.1, -0.05) is 0 Å². The molecule has 0 aliphatic carbocycles. The van der Waals surface area contributed by atoms with Crippen molar-refractivity contribution in [3.05, 3.63) is 33.1 Å². The van der Waals surface area contributed by atoms with Crippen LogP contribution in [0.3, 0.4) is 0 Å². The molecule has 72 valence electrons. The number of fused-ring (bicyclic) bond motifs is 1. The lowest BCUT2D eigenvalue weighted by atomic mass is 10.3. The Hall–Kier alpha value is -2.11. The summed E-state index contributed by atoms with van der Waals surface area (Å²) in [6.07, 6.45) is 1.40. The predicted molar refractivity (Wildman–Crippen MR) is 52.0 cm³/mol. The zero-order valence-corrected chi connectivity index (χ0v) is 7.44. The number of pyridine rings is 1. The molecule has 2 heterocycles. The number of aromatic amines is 1. The average Bonchev–Trinajstić information content (AvgIpc) is 2.14. The summed E-state index contributed by atoms with van der Waals surface area (Å²) in [5, 5.41) is 0.312. The highest BCUT2D eigenvalue weighted by Crippen LogP contribution is 2.06. The predicted octanol–water partition coefficient (Wildman–Crippen LogP) is -0.796. The van der Waals surface area contributed by atoms with Gasteiger partial charge in [-0.25, -0.2) is 9.78 Å². The molecule has 0 radical (unpaired) electrons. The Bertz CT molecular complexity index is 611. The van der Waals surface area contributed by atoms with Crippen LogP contribution in [0.1, 0.15) is 0 Å². The average molecular weight is 192 g/mol. The van der Waals surface area contributed by atoms with Crippen molar-refractivity contribution in [3.8, 4) is 0 Å². The molecule has 2 aromatic heterocycles. The third kappa shape index (κ3) is 1.08. The van der Waals surface area contributed by atoms with Gasteiger partial charge < -0.3 is 5.73 Å². The SMILES string of the molecule is Cn1c(=O)[nH]c(=O)c2cc(N)cnc21. The van der Waals surface area contributed by atoms with Crippen molar-refractivity contribution in [2.45, 2.75) is 0 Å². The van der Waals surface area contributed by atoms with E-state index in [-0.39, 0.29) is 0 Å². The van der Waals surface area contributed by atoms with Crippen LogP contribution in [-0.2, 0) is 7.05 Å². The Labute approximate surface area is 78.0 Å². The molecule has 0 bridgehead atoms. The summed E-state index contributed by atoms with van der Waals surface area (Å²) >= 11 is 0. The molecule has 0 fully saturated rings. The van der Waals surface area contributed by atoms with Gasteiger partial charge in [0.2, 0.25) is 0 Å². The maximum Gasteiger partial charge on any atom is 0.329 e. The highest BCUT2D eigenvalue weighted by Gasteiger charge is 2.05. The summed E-state index contributed by atoms with van der Waals surface area (Å²) in [5.41, 5.74) is 5.24. The molecule has 0 aromatic carbocycles. The standard InChI is InChI=1S/C8H8N4O2/c1-12-6-5(2-4(9)3-10-6)7(13)11-8(12)14/h2-3H,9H2,1H3,(H,11,13,14).